The number of amides is 1. The summed E-state index contributed by atoms with van der Waals surface area (Å²) < 4.78 is 47.7. The minimum Gasteiger partial charge on any atom is -0.493 e. The predicted molar refractivity (Wildman–Crippen MR) is 184 cm³/mol. The summed E-state index contributed by atoms with van der Waals surface area (Å²) in [6.45, 7) is 4.09. The summed E-state index contributed by atoms with van der Waals surface area (Å²) in [6, 6.07) is 16.5. The van der Waals surface area contributed by atoms with Gasteiger partial charge in [-0.2, -0.15) is 13.2 Å². The van der Waals surface area contributed by atoms with Gasteiger partial charge in [0, 0.05) is 54.9 Å². The first kappa shape index (κ1) is 36.6. The summed E-state index contributed by atoms with van der Waals surface area (Å²) in [6.07, 6.45) is -3.33. The van der Waals surface area contributed by atoms with Crippen LogP contribution in [0.5, 0.6) is 5.75 Å². The molecule has 9 nitrogen and oxygen atoms in total. The van der Waals surface area contributed by atoms with Crippen LogP contribution < -0.4 is 15.4 Å². The number of piperazine rings is 1. The van der Waals surface area contributed by atoms with Crippen molar-refractivity contribution in [3.63, 3.8) is 0 Å². The summed E-state index contributed by atoms with van der Waals surface area (Å²) >= 11 is 12.5. The number of hydrogen-bond donors (Lipinski definition) is 3. The first-order valence-corrected chi connectivity index (χ1v) is 17.5. The molecule has 0 aromatic heterocycles. The number of piperidine rings is 1. The molecular weight excluding hydrogens is 694 g/mol. The molecule has 14 heteroatoms. The first-order chi connectivity index (χ1) is 23.9. The van der Waals surface area contributed by atoms with Crippen LogP contribution in [-0.4, -0.2) is 90.1 Å². The molecular formula is C36H40Cl2F3N5O4. The van der Waals surface area contributed by atoms with Crippen molar-refractivity contribution >= 4 is 35.4 Å². The van der Waals surface area contributed by atoms with E-state index in [0.717, 1.165) is 36.0 Å². The molecule has 6 rings (SSSR count). The zero-order valence-corrected chi connectivity index (χ0v) is 29.0. The summed E-state index contributed by atoms with van der Waals surface area (Å²) in [5, 5.41) is 18.3. The minimum atomic E-state index is -4.63. The Morgan fingerprint density at radius 1 is 0.940 bits per heavy atom. The van der Waals surface area contributed by atoms with Crippen molar-refractivity contribution in [2.45, 2.75) is 56.0 Å². The summed E-state index contributed by atoms with van der Waals surface area (Å²) in [5.41, 5.74) is -0.826. The lowest BCUT2D eigenvalue weighted by Gasteiger charge is -2.45. The highest BCUT2D eigenvalue weighted by molar-refractivity contribution is 6.30. The van der Waals surface area contributed by atoms with E-state index in [-0.39, 0.29) is 31.0 Å². The second kappa shape index (κ2) is 15.2. The molecule has 3 aromatic rings. The Hall–Kier alpha value is -3.23. The molecule has 3 aliphatic rings. The molecule has 0 bridgehead atoms. The van der Waals surface area contributed by atoms with E-state index in [0.29, 0.717) is 42.6 Å². The zero-order chi connectivity index (χ0) is 35.6. The second-order valence-electron chi connectivity index (χ2n) is 12.9. The lowest BCUT2D eigenvalue weighted by atomic mass is 9.94. The Kier molecular flexibility index (Phi) is 11.1. The van der Waals surface area contributed by atoms with E-state index in [1.54, 1.807) is 36.1 Å². The number of nitrogens with zero attached hydrogens (tertiary/aromatic N) is 3. The highest BCUT2D eigenvalue weighted by atomic mass is 35.5. The fraction of sp³-hybridized carbons (Fsp3) is 0.444. The van der Waals surface area contributed by atoms with Crippen molar-refractivity contribution in [1.82, 2.24) is 25.3 Å². The van der Waals surface area contributed by atoms with Crippen LogP contribution in [0.2, 0.25) is 10.0 Å². The quantitative estimate of drug-likeness (QED) is 0.253. The molecule has 0 aliphatic carbocycles. The van der Waals surface area contributed by atoms with Crippen molar-refractivity contribution in [2.75, 3.05) is 45.9 Å². The number of likely N-dealkylation sites (tertiary alicyclic amines) is 1. The van der Waals surface area contributed by atoms with E-state index < -0.39 is 47.7 Å². The van der Waals surface area contributed by atoms with Gasteiger partial charge in [0.1, 0.15) is 11.9 Å². The first-order valence-electron chi connectivity index (χ1n) is 16.7. The smallest absolute Gasteiger partial charge is 0.416 e. The second-order valence-corrected chi connectivity index (χ2v) is 13.8. The van der Waals surface area contributed by atoms with Crippen LogP contribution in [0.1, 0.15) is 54.1 Å². The van der Waals surface area contributed by atoms with Crippen LogP contribution in [0.4, 0.5) is 13.2 Å². The molecule has 4 unspecified atom stereocenters. The lowest BCUT2D eigenvalue weighted by molar-refractivity contribution is -0.143. The largest absolute Gasteiger partial charge is 0.493 e. The number of carbonyl (C=O) groups excluding carboxylic acids is 2. The van der Waals surface area contributed by atoms with Gasteiger partial charge in [0.25, 0.3) is 5.91 Å². The van der Waals surface area contributed by atoms with Crippen LogP contribution in [0.25, 0.3) is 0 Å². The van der Waals surface area contributed by atoms with Crippen LogP contribution in [0.15, 0.2) is 66.7 Å². The van der Waals surface area contributed by atoms with E-state index in [9.17, 15) is 23.1 Å². The number of hydrogen-bond acceptors (Lipinski definition) is 8. The number of carbonyl (C=O) groups is 2. The molecule has 3 saturated heterocycles. The maximum atomic E-state index is 15.1. The van der Waals surface area contributed by atoms with Crippen LogP contribution in [0, 0.1) is 0 Å². The Morgan fingerprint density at radius 2 is 1.52 bits per heavy atom. The Labute approximate surface area is 299 Å². The SMILES string of the molecule is CCOc1cc(C(F)(F)F)ccc1C1(C(=O)N2CCN(C(C=O)N3CCCC(O)C3)CC2)NC(c2ccc(Cl)cc2)C(c2ccc(Cl)cc2)N1. The van der Waals surface area contributed by atoms with Gasteiger partial charge in [-0.1, -0.05) is 53.5 Å². The van der Waals surface area contributed by atoms with Gasteiger partial charge in [0.2, 0.25) is 0 Å². The summed E-state index contributed by atoms with van der Waals surface area (Å²) in [7, 11) is 0. The van der Waals surface area contributed by atoms with Crippen LogP contribution >= 0.6 is 23.2 Å². The third kappa shape index (κ3) is 7.52. The number of ether oxygens (including phenoxy) is 1. The Bertz CT molecular complexity index is 1600. The third-order valence-electron chi connectivity index (χ3n) is 9.77. The molecule has 0 saturated carbocycles. The van der Waals surface area contributed by atoms with E-state index in [1.165, 1.54) is 6.07 Å². The average molecular weight is 735 g/mol. The molecule has 1 amide bonds. The normalized spacial score (nSPS) is 25.7. The number of rotatable bonds is 9. The minimum absolute atomic E-state index is 0.0662. The summed E-state index contributed by atoms with van der Waals surface area (Å²) in [5.74, 6) is -0.477. The molecule has 3 heterocycles. The van der Waals surface area contributed by atoms with Crippen molar-refractivity contribution in [3.05, 3.63) is 99.0 Å². The number of halogens is 5. The highest BCUT2D eigenvalue weighted by Gasteiger charge is 2.55. The molecule has 0 spiro atoms. The van der Waals surface area contributed by atoms with E-state index in [2.05, 4.69) is 10.6 Å². The van der Waals surface area contributed by atoms with Gasteiger partial charge < -0.3 is 19.5 Å². The van der Waals surface area contributed by atoms with Crippen molar-refractivity contribution < 1.29 is 32.6 Å². The number of aldehydes is 1. The molecule has 3 aromatic carbocycles. The number of alkyl halides is 3. The molecule has 0 radical (unpaired) electrons. The molecule has 3 fully saturated rings. The number of aliphatic hydroxyl groups is 1. The molecule has 50 heavy (non-hydrogen) atoms. The van der Waals surface area contributed by atoms with Crippen molar-refractivity contribution in [1.29, 1.82) is 0 Å². The van der Waals surface area contributed by atoms with Gasteiger partial charge in [-0.15, -0.1) is 0 Å². The van der Waals surface area contributed by atoms with Gasteiger partial charge in [0.15, 0.2) is 11.9 Å². The Balaban J connectivity index is 1.40. The van der Waals surface area contributed by atoms with Gasteiger partial charge >= 0.3 is 6.18 Å². The van der Waals surface area contributed by atoms with E-state index in [4.69, 9.17) is 27.9 Å². The number of β-amino-alcohol motifs (C(OH)–C–C–N with tert-alkyl or cyclic N) is 1. The van der Waals surface area contributed by atoms with Crippen LogP contribution in [-0.2, 0) is 21.4 Å². The third-order valence-corrected chi connectivity index (χ3v) is 10.3. The standard InChI is InChI=1S/C36H40Cl2F3N5O4/c1-2-50-30-20-25(36(39,40)41)9-14-29(30)35(34(49)45-18-16-44(17-19-45)31(22-47)46-15-3-4-28(48)21-46)42-32(23-5-10-26(37)11-6-23)33(43-35)24-7-12-27(38)13-8-24/h5-14,20,22,28,31-33,42-43,48H,2-4,15-19,21H2,1H3. The molecule has 3 aliphatic heterocycles. The van der Waals surface area contributed by atoms with Crippen LogP contribution in [0.3, 0.4) is 0 Å². The lowest BCUT2D eigenvalue weighted by Crippen LogP contribution is -2.64. The molecule has 3 N–H and O–H groups in total. The fourth-order valence-electron chi connectivity index (χ4n) is 7.30. The summed E-state index contributed by atoms with van der Waals surface area (Å²) in [4.78, 5) is 33.0. The number of nitrogens with one attached hydrogen (secondary N) is 2. The maximum Gasteiger partial charge on any atom is 0.416 e. The van der Waals surface area contributed by atoms with Gasteiger partial charge in [-0.25, -0.2) is 0 Å². The van der Waals surface area contributed by atoms with E-state index >= 15 is 4.79 Å². The number of aliphatic hydroxyl groups excluding tert-OH is 1. The number of benzene rings is 3. The topological polar surface area (TPSA) is 97.4 Å². The van der Waals surface area contributed by atoms with Gasteiger partial charge in [-0.3, -0.25) is 25.2 Å². The highest BCUT2D eigenvalue weighted by Crippen LogP contribution is 2.46. The fourth-order valence-corrected chi connectivity index (χ4v) is 7.55. The monoisotopic (exact) mass is 733 g/mol. The predicted octanol–water partition coefficient (Wildman–Crippen LogP) is 5.37. The Morgan fingerprint density at radius 3 is 2.02 bits per heavy atom. The maximum absolute atomic E-state index is 15.1. The van der Waals surface area contributed by atoms with Crippen molar-refractivity contribution in [3.8, 4) is 5.75 Å². The van der Waals surface area contributed by atoms with E-state index in [1.807, 2.05) is 34.1 Å². The van der Waals surface area contributed by atoms with Crippen molar-refractivity contribution in [2.24, 2.45) is 0 Å². The zero-order valence-electron chi connectivity index (χ0n) is 27.5. The van der Waals surface area contributed by atoms with Gasteiger partial charge in [-0.05, 0) is 67.3 Å². The molecule has 268 valence electrons. The molecule has 4 atom stereocenters. The average Bonchev–Trinajstić information content (AvgIpc) is 3.51. The van der Waals surface area contributed by atoms with Gasteiger partial charge in [0.05, 0.1) is 30.4 Å².